The molecule has 1 fully saturated rings. The Labute approximate surface area is 103 Å². The van der Waals surface area contributed by atoms with Crippen LogP contribution in [-0.2, 0) is 11.3 Å². The number of nitrogen functional groups attached to an aromatic ring is 1. The summed E-state index contributed by atoms with van der Waals surface area (Å²) in [6, 6.07) is 1.83. The number of nitrogens with zero attached hydrogens (tertiary/aromatic N) is 3. The summed E-state index contributed by atoms with van der Waals surface area (Å²) in [6.07, 6.45) is 4.42. The molecule has 5 nitrogen and oxygen atoms in total. The molecular formula is C12H22N4O. The van der Waals surface area contributed by atoms with Gasteiger partial charge in [0.15, 0.2) is 0 Å². The Kier molecular flexibility index (Phi) is 4.39. The van der Waals surface area contributed by atoms with Gasteiger partial charge >= 0.3 is 0 Å². The molecule has 0 aromatic carbocycles. The van der Waals surface area contributed by atoms with Gasteiger partial charge in [0.25, 0.3) is 0 Å². The Morgan fingerprint density at radius 2 is 2.53 bits per heavy atom. The summed E-state index contributed by atoms with van der Waals surface area (Å²) < 4.78 is 7.38. The highest BCUT2D eigenvalue weighted by Crippen LogP contribution is 2.14. The molecule has 2 heterocycles. The normalized spacial score (nSPS) is 20.9. The fourth-order valence-corrected chi connectivity index (χ4v) is 2.26. The van der Waals surface area contributed by atoms with Crippen molar-refractivity contribution in [3.8, 4) is 0 Å². The molecule has 0 spiro atoms. The van der Waals surface area contributed by atoms with Gasteiger partial charge in [-0.3, -0.25) is 4.68 Å². The standard InChI is InChI=1S/C12H22N4O/c1-15(9-11-3-2-8-17-10-11)6-7-16-5-4-12(13)14-16/h4-5,11H,2-3,6-10H2,1H3,(H2,13,14). The van der Waals surface area contributed by atoms with E-state index < -0.39 is 0 Å². The number of ether oxygens (including phenoxy) is 1. The fourth-order valence-electron chi connectivity index (χ4n) is 2.26. The second kappa shape index (κ2) is 6.02. The molecule has 1 aromatic rings. The van der Waals surface area contributed by atoms with Crippen LogP contribution >= 0.6 is 0 Å². The molecule has 1 atom stereocenters. The summed E-state index contributed by atoms with van der Waals surface area (Å²) in [4.78, 5) is 2.34. The fraction of sp³-hybridized carbons (Fsp3) is 0.750. The average Bonchev–Trinajstić information content (AvgIpc) is 2.74. The Bertz CT molecular complexity index is 333. The molecular weight excluding hydrogens is 216 g/mol. The third-order valence-electron chi connectivity index (χ3n) is 3.20. The maximum atomic E-state index is 5.57. The molecule has 5 heteroatoms. The molecule has 1 unspecified atom stereocenters. The van der Waals surface area contributed by atoms with Crippen molar-refractivity contribution in [3.63, 3.8) is 0 Å². The van der Waals surface area contributed by atoms with E-state index in [0.29, 0.717) is 11.7 Å². The Balaban J connectivity index is 1.68. The van der Waals surface area contributed by atoms with Crippen molar-refractivity contribution in [3.05, 3.63) is 12.3 Å². The second-order valence-electron chi connectivity index (χ2n) is 4.85. The zero-order valence-electron chi connectivity index (χ0n) is 10.5. The first-order valence-electron chi connectivity index (χ1n) is 6.29. The second-order valence-corrected chi connectivity index (χ2v) is 4.85. The van der Waals surface area contributed by atoms with Crippen LogP contribution in [0.25, 0.3) is 0 Å². The summed E-state index contributed by atoms with van der Waals surface area (Å²) in [6.45, 7) is 4.85. The topological polar surface area (TPSA) is 56.3 Å². The molecule has 96 valence electrons. The van der Waals surface area contributed by atoms with Gasteiger partial charge in [-0.2, -0.15) is 5.10 Å². The zero-order chi connectivity index (χ0) is 12.1. The van der Waals surface area contributed by atoms with Crippen LogP contribution < -0.4 is 5.73 Å². The molecule has 1 saturated heterocycles. The van der Waals surface area contributed by atoms with E-state index in [-0.39, 0.29) is 0 Å². The van der Waals surface area contributed by atoms with E-state index in [1.165, 1.54) is 12.8 Å². The van der Waals surface area contributed by atoms with Crippen LogP contribution in [-0.4, -0.2) is 48.0 Å². The number of likely N-dealkylation sites (N-methyl/N-ethyl adjacent to an activating group) is 1. The van der Waals surface area contributed by atoms with Crippen molar-refractivity contribution in [2.75, 3.05) is 39.1 Å². The summed E-state index contributed by atoms with van der Waals surface area (Å²) in [5, 5.41) is 4.17. The number of hydrogen-bond donors (Lipinski definition) is 1. The van der Waals surface area contributed by atoms with Crippen molar-refractivity contribution in [2.24, 2.45) is 5.92 Å². The SMILES string of the molecule is CN(CCn1ccc(N)n1)CC1CCCOC1. The molecule has 0 aliphatic carbocycles. The highest BCUT2D eigenvalue weighted by atomic mass is 16.5. The van der Waals surface area contributed by atoms with Crippen LogP contribution in [0, 0.1) is 5.92 Å². The van der Waals surface area contributed by atoms with E-state index in [2.05, 4.69) is 17.0 Å². The molecule has 0 saturated carbocycles. The molecule has 17 heavy (non-hydrogen) atoms. The minimum absolute atomic E-state index is 0.591. The van der Waals surface area contributed by atoms with E-state index in [9.17, 15) is 0 Å². The predicted octanol–water partition coefficient (Wildman–Crippen LogP) is 0.824. The Morgan fingerprint density at radius 1 is 1.65 bits per heavy atom. The molecule has 1 aliphatic heterocycles. The molecule has 1 aromatic heterocycles. The molecule has 2 rings (SSSR count). The maximum absolute atomic E-state index is 5.57. The van der Waals surface area contributed by atoms with Crippen molar-refractivity contribution in [1.82, 2.24) is 14.7 Å². The zero-order valence-corrected chi connectivity index (χ0v) is 10.5. The van der Waals surface area contributed by atoms with Gasteiger partial charge in [-0.15, -0.1) is 0 Å². The largest absolute Gasteiger partial charge is 0.382 e. The van der Waals surface area contributed by atoms with Crippen molar-refractivity contribution in [1.29, 1.82) is 0 Å². The molecule has 1 aliphatic rings. The molecule has 0 radical (unpaired) electrons. The average molecular weight is 238 g/mol. The maximum Gasteiger partial charge on any atom is 0.145 e. The summed E-state index contributed by atoms with van der Waals surface area (Å²) >= 11 is 0. The third-order valence-corrected chi connectivity index (χ3v) is 3.20. The minimum atomic E-state index is 0.591. The summed E-state index contributed by atoms with van der Waals surface area (Å²) in [5.74, 6) is 1.28. The van der Waals surface area contributed by atoms with E-state index in [0.717, 1.165) is 32.8 Å². The number of rotatable bonds is 5. The highest BCUT2D eigenvalue weighted by Gasteiger charge is 2.15. The lowest BCUT2D eigenvalue weighted by atomic mass is 10.0. The van der Waals surface area contributed by atoms with E-state index in [4.69, 9.17) is 10.5 Å². The first-order valence-corrected chi connectivity index (χ1v) is 6.29. The van der Waals surface area contributed by atoms with Crippen LogP contribution in [0.3, 0.4) is 0 Å². The van der Waals surface area contributed by atoms with Gasteiger partial charge in [0.1, 0.15) is 5.82 Å². The van der Waals surface area contributed by atoms with Crippen molar-refractivity contribution >= 4 is 5.82 Å². The lowest BCUT2D eigenvalue weighted by Crippen LogP contribution is -2.32. The van der Waals surface area contributed by atoms with Crippen LogP contribution in [0.15, 0.2) is 12.3 Å². The predicted molar refractivity (Wildman–Crippen MR) is 67.7 cm³/mol. The number of nitrogens with two attached hydrogens (primary N) is 1. The smallest absolute Gasteiger partial charge is 0.145 e. The molecule has 0 bridgehead atoms. The van der Waals surface area contributed by atoms with Crippen LogP contribution in [0.5, 0.6) is 0 Å². The van der Waals surface area contributed by atoms with E-state index in [1.54, 1.807) is 0 Å². The number of aromatic nitrogens is 2. The molecule has 2 N–H and O–H groups in total. The van der Waals surface area contributed by atoms with Gasteiger partial charge in [-0.25, -0.2) is 0 Å². The summed E-state index contributed by atoms with van der Waals surface area (Å²) in [7, 11) is 2.15. The van der Waals surface area contributed by atoms with E-state index in [1.807, 2.05) is 16.9 Å². The lowest BCUT2D eigenvalue weighted by Gasteiger charge is -2.27. The minimum Gasteiger partial charge on any atom is -0.382 e. The van der Waals surface area contributed by atoms with E-state index >= 15 is 0 Å². The Hall–Kier alpha value is -1.07. The van der Waals surface area contributed by atoms with Crippen LogP contribution in [0.4, 0.5) is 5.82 Å². The quantitative estimate of drug-likeness (QED) is 0.825. The first-order chi connectivity index (χ1) is 8.24. The summed E-state index contributed by atoms with van der Waals surface area (Å²) in [5.41, 5.74) is 5.57. The van der Waals surface area contributed by atoms with Crippen LogP contribution in [0.2, 0.25) is 0 Å². The van der Waals surface area contributed by atoms with Gasteiger partial charge in [0.05, 0.1) is 13.2 Å². The number of anilines is 1. The van der Waals surface area contributed by atoms with Crippen molar-refractivity contribution in [2.45, 2.75) is 19.4 Å². The monoisotopic (exact) mass is 238 g/mol. The first kappa shape index (κ1) is 12.4. The van der Waals surface area contributed by atoms with Gasteiger partial charge in [0, 0.05) is 25.9 Å². The van der Waals surface area contributed by atoms with Crippen LogP contribution in [0.1, 0.15) is 12.8 Å². The lowest BCUT2D eigenvalue weighted by molar-refractivity contribution is 0.0416. The number of hydrogen-bond acceptors (Lipinski definition) is 4. The highest BCUT2D eigenvalue weighted by molar-refractivity contribution is 5.23. The Morgan fingerprint density at radius 3 is 3.18 bits per heavy atom. The van der Waals surface area contributed by atoms with Gasteiger partial charge in [0.2, 0.25) is 0 Å². The third kappa shape index (κ3) is 4.02. The van der Waals surface area contributed by atoms with Gasteiger partial charge in [-0.05, 0) is 31.9 Å². The molecule has 0 amide bonds. The van der Waals surface area contributed by atoms with Crippen molar-refractivity contribution < 1.29 is 4.74 Å². The van der Waals surface area contributed by atoms with Gasteiger partial charge < -0.3 is 15.4 Å². The van der Waals surface area contributed by atoms with Gasteiger partial charge in [-0.1, -0.05) is 0 Å².